The molecule has 0 unspecified atom stereocenters. The Labute approximate surface area is 135 Å². The minimum atomic E-state index is -0.988. The van der Waals surface area contributed by atoms with Gasteiger partial charge < -0.3 is 14.7 Å². The normalized spacial score (nSPS) is 18.4. The molecule has 2 fully saturated rings. The molecule has 0 atom stereocenters. The highest BCUT2D eigenvalue weighted by atomic mass is 16.5. The van der Waals surface area contributed by atoms with Crippen LogP contribution in [0.5, 0.6) is 5.88 Å². The maximum absolute atomic E-state index is 12.6. The van der Waals surface area contributed by atoms with E-state index in [9.17, 15) is 9.59 Å². The number of ether oxygens (including phenoxy) is 1. The van der Waals surface area contributed by atoms with Gasteiger partial charge in [-0.3, -0.25) is 9.59 Å². The molecular weight excluding hydrogens is 296 g/mol. The topological polar surface area (TPSA) is 79.7 Å². The third kappa shape index (κ3) is 4.21. The molecule has 0 radical (unpaired) electrons. The molecule has 2 aliphatic rings. The minimum Gasteiger partial charge on any atom is -0.480 e. The molecule has 6 nitrogen and oxygen atoms in total. The number of hydrogen-bond acceptors (Lipinski definition) is 4. The number of aromatic nitrogens is 1. The number of carbonyl (C=O) groups excluding carboxylic acids is 1. The van der Waals surface area contributed by atoms with E-state index in [0.29, 0.717) is 11.4 Å². The Hall–Kier alpha value is -2.11. The fraction of sp³-hybridized carbons (Fsp3) is 0.588. The Kier molecular flexibility index (Phi) is 4.79. The van der Waals surface area contributed by atoms with Crippen molar-refractivity contribution in [2.45, 2.75) is 57.1 Å². The molecule has 0 spiro atoms. The maximum Gasteiger partial charge on any atom is 0.323 e. The zero-order chi connectivity index (χ0) is 16.2. The van der Waals surface area contributed by atoms with Gasteiger partial charge in [0, 0.05) is 23.9 Å². The first-order valence-corrected chi connectivity index (χ1v) is 8.29. The zero-order valence-corrected chi connectivity index (χ0v) is 13.1. The summed E-state index contributed by atoms with van der Waals surface area (Å²) >= 11 is 0. The van der Waals surface area contributed by atoms with Crippen molar-refractivity contribution in [2.24, 2.45) is 0 Å². The third-order valence-electron chi connectivity index (χ3n) is 4.38. The first-order chi connectivity index (χ1) is 11.1. The minimum absolute atomic E-state index is 0.0504. The summed E-state index contributed by atoms with van der Waals surface area (Å²) in [6, 6.07) is 3.30. The Morgan fingerprint density at radius 3 is 2.61 bits per heavy atom. The van der Waals surface area contributed by atoms with Crippen LogP contribution in [0.25, 0.3) is 0 Å². The van der Waals surface area contributed by atoms with Crippen molar-refractivity contribution in [2.75, 3.05) is 6.54 Å². The van der Waals surface area contributed by atoms with E-state index in [1.165, 1.54) is 11.3 Å². The first-order valence-electron chi connectivity index (χ1n) is 8.29. The molecule has 23 heavy (non-hydrogen) atoms. The molecule has 0 aromatic carbocycles. The van der Waals surface area contributed by atoms with Crippen LogP contribution in [0.1, 0.15) is 55.3 Å². The van der Waals surface area contributed by atoms with Crippen molar-refractivity contribution < 1.29 is 19.4 Å². The predicted molar refractivity (Wildman–Crippen MR) is 83.4 cm³/mol. The molecule has 0 saturated heterocycles. The van der Waals surface area contributed by atoms with Gasteiger partial charge >= 0.3 is 5.97 Å². The second kappa shape index (κ2) is 6.98. The van der Waals surface area contributed by atoms with Gasteiger partial charge in [-0.25, -0.2) is 4.98 Å². The smallest absolute Gasteiger partial charge is 0.323 e. The van der Waals surface area contributed by atoms with E-state index in [0.717, 1.165) is 38.5 Å². The van der Waals surface area contributed by atoms with E-state index in [1.54, 1.807) is 18.3 Å². The molecule has 1 aromatic heterocycles. The van der Waals surface area contributed by atoms with Gasteiger partial charge in [0.15, 0.2) is 0 Å². The number of carbonyl (C=O) groups is 2. The summed E-state index contributed by atoms with van der Waals surface area (Å²) in [5, 5.41) is 9.00. The monoisotopic (exact) mass is 318 g/mol. The van der Waals surface area contributed by atoms with Crippen LogP contribution in [0.3, 0.4) is 0 Å². The van der Waals surface area contributed by atoms with Crippen LogP contribution in [-0.4, -0.2) is 45.6 Å². The molecule has 0 bridgehead atoms. The summed E-state index contributed by atoms with van der Waals surface area (Å²) in [7, 11) is 0. The van der Waals surface area contributed by atoms with E-state index in [-0.39, 0.29) is 24.6 Å². The second-order valence-corrected chi connectivity index (χ2v) is 6.32. The Morgan fingerprint density at radius 1 is 1.22 bits per heavy atom. The summed E-state index contributed by atoms with van der Waals surface area (Å²) < 4.78 is 5.88. The summed E-state index contributed by atoms with van der Waals surface area (Å²) in [6.45, 7) is -0.259. The maximum atomic E-state index is 12.6. The molecule has 2 saturated carbocycles. The summed E-state index contributed by atoms with van der Waals surface area (Å²) in [6.07, 6.45) is 9.08. The largest absolute Gasteiger partial charge is 0.480 e. The fourth-order valence-corrected chi connectivity index (χ4v) is 3.03. The lowest BCUT2D eigenvalue weighted by Crippen LogP contribution is -2.37. The van der Waals surface area contributed by atoms with Gasteiger partial charge in [-0.2, -0.15) is 0 Å². The molecule has 1 amide bonds. The van der Waals surface area contributed by atoms with E-state index < -0.39 is 5.97 Å². The number of nitrogens with zero attached hydrogens (tertiary/aromatic N) is 2. The molecule has 2 aliphatic carbocycles. The molecule has 0 aliphatic heterocycles. The van der Waals surface area contributed by atoms with Crippen molar-refractivity contribution in [1.82, 2.24) is 9.88 Å². The van der Waals surface area contributed by atoms with Gasteiger partial charge in [-0.1, -0.05) is 6.42 Å². The van der Waals surface area contributed by atoms with Gasteiger partial charge in [-0.05, 0) is 44.6 Å². The van der Waals surface area contributed by atoms with Crippen molar-refractivity contribution in [3.05, 3.63) is 23.9 Å². The summed E-state index contributed by atoms with van der Waals surface area (Å²) in [5.74, 6) is -0.794. The van der Waals surface area contributed by atoms with Crippen molar-refractivity contribution in [3.63, 3.8) is 0 Å². The van der Waals surface area contributed by atoms with Gasteiger partial charge in [0.25, 0.3) is 5.91 Å². The number of pyridine rings is 1. The van der Waals surface area contributed by atoms with Crippen LogP contribution >= 0.6 is 0 Å². The molecule has 124 valence electrons. The average molecular weight is 318 g/mol. The van der Waals surface area contributed by atoms with Crippen molar-refractivity contribution in [1.29, 1.82) is 0 Å². The number of carboxylic acids is 1. The number of hydrogen-bond donors (Lipinski definition) is 1. The number of carboxylic acid groups (broad SMARTS) is 1. The molecule has 1 aromatic rings. The van der Waals surface area contributed by atoms with E-state index >= 15 is 0 Å². The summed E-state index contributed by atoms with van der Waals surface area (Å²) in [4.78, 5) is 29.2. The van der Waals surface area contributed by atoms with Crippen molar-refractivity contribution >= 4 is 11.9 Å². The molecule has 3 rings (SSSR count). The van der Waals surface area contributed by atoms with Crippen LogP contribution in [0.2, 0.25) is 0 Å². The van der Waals surface area contributed by atoms with Crippen LogP contribution in [0.15, 0.2) is 18.3 Å². The van der Waals surface area contributed by atoms with Crippen LogP contribution in [-0.2, 0) is 4.79 Å². The predicted octanol–water partition coefficient (Wildman–Crippen LogP) is 2.48. The molecule has 1 N–H and O–H groups in total. The SMILES string of the molecule is O=C(O)CN(C(=O)c1ccnc(OC2CCCCC2)c1)C1CC1. The van der Waals surface area contributed by atoms with Crippen LogP contribution in [0.4, 0.5) is 0 Å². The lowest BCUT2D eigenvalue weighted by atomic mass is 9.98. The third-order valence-corrected chi connectivity index (χ3v) is 4.38. The standard InChI is InChI=1S/C17H22N2O4/c20-16(21)11-19(13-6-7-13)17(22)12-8-9-18-15(10-12)23-14-4-2-1-3-5-14/h8-10,13-14H,1-7,11H2,(H,20,21). The van der Waals surface area contributed by atoms with Gasteiger partial charge in [0.1, 0.15) is 12.6 Å². The number of aliphatic carboxylic acids is 1. The highest BCUT2D eigenvalue weighted by Crippen LogP contribution is 2.29. The Morgan fingerprint density at radius 2 is 1.96 bits per heavy atom. The first kappa shape index (κ1) is 15.8. The van der Waals surface area contributed by atoms with Gasteiger partial charge in [-0.15, -0.1) is 0 Å². The number of amides is 1. The van der Waals surface area contributed by atoms with Gasteiger partial charge in [0.05, 0.1) is 0 Å². The number of rotatable bonds is 6. The lowest BCUT2D eigenvalue weighted by molar-refractivity contribution is -0.137. The Bertz CT molecular complexity index is 580. The Balaban J connectivity index is 1.70. The molecule has 6 heteroatoms. The van der Waals surface area contributed by atoms with Gasteiger partial charge in [0.2, 0.25) is 5.88 Å². The van der Waals surface area contributed by atoms with E-state index in [2.05, 4.69) is 4.98 Å². The highest BCUT2D eigenvalue weighted by molar-refractivity contribution is 5.96. The highest BCUT2D eigenvalue weighted by Gasteiger charge is 2.34. The zero-order valence-electron chi connectivity index (χ0n) is 13.1. The van der Waals surface area contributed by atoms with E-state index in [4.69, 9.17) is 9.84 Å². The van der Waals surface area contributed by atoms with Crippen LogP contribution in [0, 0.1) is 0 Å². The molecular formula is C17H22N2O4. The lowest BCUT2D eigenvalue weighted by Gasteiger charge is -2.23. The quantitative estimate of drug-likeness (QED) is 0.871. The molecule has 1 heterocycles. The van der Waals surface area contributed by atoms with Crippen LogP contribution < -0.4 is 4.74 Å². The second-order valence-electron chi connectivity index (χ2n) is 6.32. The van der Waals surface area contributed by atoms with E-state index in [1.807, 2.05) is 0 Å². The van der Waals surface area contributed by atoms with Crippen molar-refractivity contribution in [3.8, 4) is 5.88 Å². The average Bonchev–Trinajstić information content (AvgIpc) is 3.38. The fourth-order valence-electron chi connectivity index (χ4n) is 3.03. The summed E-state index contributed by atoms with van der Waals surface area (Å²) in [5.41, 5.74) is 0.443.